The highest BCUT2D eigenvalue weighted by Gasteiger charge is 2.15. The number of aryl methyl sites for hydroxylation is 1. The Morgan fingerprint density at radius 3 is 2.65 bits per heavy atom. The zero-order valence-corrected chi connectivity index (χ0v) is 15.1. The van der Waals surface area contributed by atoms with Gasteiger partial charge in [0.25, 0.3) is 11.8 Å². The topological polar surface area (TPSA) is 88.9 Å². The number of carbonyl (C=O) groups excluding carboxylic acids is 3. The molecule has 1 aromatic carbocycles. The number of hydrogen-bond acceptors (Lipinski definition) is 5. The van der Waals surface area contributed by atoms with E-state index in [1.54, 1.807) is 37.4 Å². The Kier molecular flexibility index (Phi) is 6.54. The second kappa shape index (κ2) is 8.84. The van der Waals surface area contributed by atoms with Gasteiger partial charge in [-0.25, -0.2) is 0 Å². The molecule has 0 fully saturated rings. The number of benzene rings is 1. The van der Waals surface area contributed by atoms with E-state index in [2.05, 4.69) is 10.1 Å². The summed E-state index contributed by atoms with van der Waals surface area (Å²) in [7, 11) is 3.00. The minimum absolute atomic E-state index is 0.191. The average molecular weight is 358 g/mol. The maximum Gasteiger partial charge on any atom is 0.305 e. The van der Waals surface area contributed by atoms with Crippen LogP contribution >= 0.6 is 0 Å². The molecular weight excluding hydrogens is 336 g/mol. The summed E-state index contributed by atoms with van der Waals surface area (Å²) in [5.41, 5.74) is 1.82. The monoisotopic (exact) mass is 358 g/mol. The first-order valence-electron chi connectivity index (χ1n) is 8.20. The normalized spacial score (nSPS) is 10.3. The molecule has 7 heteroatoms. The maximum absolute atomic E-state index is 12.5. The SMILES string of the molecule is COC(=O)CCCN(C)C(=O)c1ccc(C)c(NC(=O)c2ccco2)c1. The lowest BCUT2D eigenvalue weighted by molar-refractivity contribution is -0.140. The number of nitrogens with zero attached hydrogens (tertiary/aromatic N) is 1. The predicted octanol–water partition coefficient (Wildman–Crippen LogP) is 2.87. The van der Waals surface area contributed by atoms with Crippen LogP contribution in [0.5, 0.6) is 0 Å². The van der Waals surface area contributed by atoms with E-state index in [9.17, 15) is 14.4 Å². The highest BCUT2D eigenvalue weighted by molar-refractivity contribution is 6.03. The third kappa shape index (κ3) is 4.95. The van der Waals surface area contributed by atoms with E-state index in [0.717, 1.165) is 5.56 Å². The van der Waals surface area contributed by atoms with Gasteiger partial charge in [-0.3, -0.25) is 14.4 Å². The van der Waals surface area contributed by atoms with Crippen molar-refractivity contribution in [3.05, 3.63) is 53.5 Å². The zero-order chi connectivity index (χ0) is 19.1. The van der Waals surface area contributed by atoms with E-state index < -0.39 is 0 Å². The molecule has 0 atom stereocenters. The number of hydrogen-bond donors (Lipinski definition) is 1. The van der Waals surface area contributed by atoms with E-state index in [4.69, 9.17) is 4.42 Å². The van der Waals surface area contributed by atoms with Crippen LogP contribution in [0.4, 0.5) is 5.69 Å². The van der Waals surface area contributed by atoms with Crippen molar-refractivity contribution < 1.29 is 23.5 Å². The van der Waals surface area contributed by atoms with E-state index in [1.165, 1.54) is 18.3 Å². The van der Waals surface area contributed by atoms with Gasteiger partial charge >= 0.3 is 5.97 Å². The van der Waals surface area contributed by atoms with Gasteiger partial charge in [0.2, 0.25) is 0 Å². The van der Waals surface area contributed by atoms with Crippen LogP contribution in [-0.4, -0.2) is 43.4 Å². The second-order valence-electron chi connectivity index (χ2n) is 5.87. The molecule has 2 amide bonds. The largest absolute Gasteiger partial charge is 0.469 e. The molecule has 26 heavy (non-hydrogen) atoms. The molecule has 0 saturated heterocycles. The molecule has 2 rings (SSSR count). The van der Waals surface area contributed by atoms with Crippen molar-refractivity contribution in [3.8, 4) is 0 Å². The van der Waals surface area contributed by atoms with Gasteiger partial charge in [0, 0.05) is 31.3 Å². The molecule has 0 radical (unpaired) electrons. The molecule has 1 aromatic heterocycles. The number of esters is 1. The van der Waals surface area contributed by atoms with Crippen molar-refractivity contribution in [1.82, 2.24) is 4.90 Å². The molecule has 7 nitrogen and oxygen atoms in total. The van der Waals surface area contributed by atoms with Crippen LogP contribution in [0.2, 0.25) is 0 Å². The molecule has 0 spiro atoms. The van der Waals surface area contributed by atoms with Crippen LogP contribution in [0.25, 0.3) is 0 Å². The zero-order valence-electron chi connectivity index (χ0n) is 15.1. The molecule has 0 unspecified atom stereocenters. The number of anilines is 1. The minimum Gasteiger partial charge on any atom is -0.469 e. The smallest absolute Gasteiger partial charge is 0.305 e. The third-order valence-electron chi connectivity index (χ3n) is 3.93. The van der Waals surface area contributed by atoms with Gasteiger partial charge in [0.15, 0.2) is 5.76 Å². The van der Waals surface area contributed by atoms with E-state index in [-0.39, 0.29) is 30.0 Å². The standard InChI is InChI=1S/C19H22N2O5/c1-13-8-9-14(19(24)21(2)10-4-7-17(22)25-3)12-15(13)20-18(23)16-6-5-11-26-16/h5-6,8-9,11-12H,4,7,10H2,1-3H3,(H,20,23). The fourth-order valence-electron chi connectivity index (χ4n) is 2.37. The van der Waals surface area contributed by atoms with Gasteiger partial charge < -0.3 is 19.4 Å². The molecule has 1 heterocycles. The van der Waals surface area contributed by atoms with Crippen LogP contribution in [0.3, 0.4) is 0 Å². The number of methoxy groups -OCH3 is 1. The minimum atomic E-state index is -0.380. The first kappa shape index (κ1) is 19.2. The van der Waals surface area contributed by atoms with E-state index in [0.29, 0.717) is 24.2 Å². The molecular formula is C19H22N2O5. The Labute approximate surface area is 151 Å². The summed E-state index contributed by atoms with van der Waals surface area (Å²) in [6.07, 6.45) is 2.19. The Morgan fingerprint density at radius 2 is 2.00 bits per heavy atom. The van der Waals surface area contributed by atoms with Crippen LogP contribution < -0.4 is 5.32 Å². The quantitative estimate of drug-likeness (QED) is 0.769. The van der Waals surface area contributed by atoms with Crippen LogP contribution in [0, 0.1) is 6.92 Å². The fourth-order valence-corrected chi connectivity index (χ4v) is 2.37. The lowest BCUT2D eigenvalue weighted by Crippen LogP contribution is -2.28. The van der Waals surface area contributed by atoms with E-state index in [1.807, 2.05) is 6.92 Å². The van der Waals surface area contributed by atoms with Gasteiger partial charge in [-0.2, -0.15) is 0 Å². The Morgan fingerprint density at radius 1 is 1.23 bits per heavy atom. The molecule has 0 bridgehead atoms. The molecule has 0 aliphatic carbocycles. The number of rotatable bonds is 7. The van der Waals surface area contributed by atoms with Crippen molar-refractivity contribution in [2.24, 2.45) is 0 Å². The first-order valence-corrected chi connectivity index (χ1v) is 8.20. The molecule has 0 aliphatic heterocycles. The fraction of sp³-hybridized carbons (Fsp3) is 0.316. The number of amides is 2. The lowest BCUT2D eigenvalue weighted by atomic mass is 10.1. The first-order chi connectivity index (χ1) is 12.4. The van der Waals surface area contributed by atoms with Gasteiger partial charge in [0.1, 0.15) is 0 Å². The van der Waals surface area contributed by atoms with Crippen molar-refractivity contribution in [3.63, 3.8) is 0 Å². The van der Waals surface area contributed by atoms with Crippen molar-refractivity contribution in [2.45, 2.75) is 19.8 Å². The Bertz CT molecular complexity index is 783. The summed E-state index contributed by atoms with van der Waals surface area (Å²) in [6, 6.07) is 8.30. The molecule has 1 N–H and O–H groups in total. The summed E-state index contributed by atoms with van der Waals surface area (Å²) in [5.74, 6) is -0.678. The molecule has 0 aliphatic rings. The average Bonchev–Trinajstić information content (AvgIpc) is 3.17. The van der Waals surface area contributed by atoms with Crippen molar-refractivity contribution in [1.29, 1.82) is 0 Å². The van der Waals surface area contributed by atoms with Gasteiger partial charge in [-0.15, -0.1) is 0 Å². The third-order valence-corrected chi connectivity index (χ3v) is 3.93. The predicted molar refractivity (Wildman–Crippen MR) is 96.1 cm³/mol. The molecule has 138 valence electrons. The number of ether oxygens (including phenoxy) is 1. The summed E-state index contributed by atoms with van der Waals surface area (Å²) in [4.78, 5) is 37.4. The molecule has 0 saturated carbocycles. The number of nitrogens with one attached hydrogen (secondary N) is 1. The highest BCUT2D eigenvalue weighted by atomic mass is 16.5. The summed E-state index contributed by atoms with van der Waals surface area (Å²) < 4.78 is 9.65. The Balaban J connectivity index is 2.04. The van der Waals surface area contributed by atoms with Gasteiger partial charge in [0.05, 0.1) is 13.4 Å². The summed E-state index contributed by atoms with van der Waals surface area (Å²) in [5, 5.41) is 2.75. The number of carbonyl (C=O) groups is 3. The van der Waals surface area contributed by atoms with Gasteiger partial charge in [-0.1, -0.05) is 6.07 Å². The van der Waals surface area contributed by atoms with Gasteiger partial charge in [-0.05, 0) is 43.2 Å². The highest BCUT2D eigenvalue weighted by Crippen LogP contribution is 2.19. The summed E-state index contributed by atoms with van der Waals surface area (Å²) in [6.45, 7) is 2.27. The number of furan rings is 1. The van der Waals surface area contributed by atoms with Crippen molar-refractivity contribution >= 4 is 23.5 Å². The second-order valence-corrected chi connectivity index (χ2v) is 5.87. The molecule has 2 aromatic rings. The van der Waals surface area contributed by atoms with Crippen LogP contribution in [0.15, 0.2) is 41.0 Å². The Hall–Kier alpha value is -3.09. The van der Waals surface area contributed by atoms with Crippen LogP contribution in [-0.2, 0) is 9.53 Å². The summed E-state index contributed by atoms with van der Waals surface area (Å²) >= 11 is 0. The van der Waals surface area contributed by atoms with E-state index >= 15 is 0 Å². The van der Waals surface area contributed by atoms with Crippen LogP contribution in [0.1, 0.15) is 39.3 Å². The lowest BCUT2D eigenvalue weighted by Gasteiger charge is -2.18. The van der Waals surface area contributed by atoms with Crippen molar-refractivity contribution in [2.75, 3.05) is 26.0 Å². The maximum atomic E-state index is 12.5.